The molecule has 0 aliphatic carbocycles. The van der Waals surface area contributed by atoms with Gasteiger partial charge < -0.3 is 39.0 Å². The molecule has 3 aromatic rings. The molecule has 0 bridgehead atoms. The molecule has 0 aromatic heterocycles. The van der Waals surface area contributed by atoms with Crippen LogP contribution in [0.3, 0.4) is 0 Å². The van der Waals surface area contributed by atoms with Gasteiger partial charge in [-0.15, -0.1) is 0 Å². The van der Waals surface area contributed by atoms with Gasteiger partial charge in [0.15, 0.2) is 11.5 Å². The van der Waals surface area contributed by atoms with E-state index in [9.17, 15) is 24.3 Å². The number of carbonyl (C=O) groups excluding carboxylic acids is 2. The first kappa shape index (κ1) is 32.1. The Labute approximate surface area is 266 Å². The first-order valence-corrected chi connectivity index (χ1v) is 15.1. The van der Waals surface area contributed by atoms with Gasteiger partial charge in [0, 0.05) is 57.1 Å². The Morgan fingerprint density at radius 3 is 2.28 bits per heavy atom. The largest absolute Gasteiger partial charge is 0.493 e. The highest BCUT2D eigenvalue weighted by molar-refractivity contribution is 5.96. The molecule has 5 rings (SSSR count). The Bertz CT molecular complexity index is 1610. The molecule has 12 nitrogen and oxygen atoms in total. The maximum Gasteiger partial charge on any atom is 0.303 e. The zero-order valence-corrected chi connectivity index (χ0v) is 25.5. The van der Waals surface area contributed by atoms with Crippen LogP contribution in [0.4, 0.5) is 0 Å². The van der Waals surface area contributed by atoms with E-state index in [-0.39, 0.29) is 51.1 Å². The average molecular weight is 633 g/mol. The summed E-state index contributed by atoms with van der Waals surface area (Å²) in [6.07, 6.45) is 0.329. The van der Waals surface area contributed by atoms with Crippen molar-refractivity contribution in [2.45, 2.75) is 39.2 Å². The van der Waals surface area contributed by atoms with Gasteiger partial charge in [-0.3, -0.25) is 19.2 Å². The summed E-state index contributed by atoms with van der Waals surface area (Å²) >= 11 is 0. The molecule has 2 aliphatic heterocycles. The van der Waals surface area contributed by atoms with Gasteiger partial charge in [-0.25, -0.2) is 0 Å². The minimum absolute atomic E-state index is 0.0231. The number of nitrogens with zero attached hydrogens (tertiary/aromatic N) is 2. The fraction of sp³-hybridized carbons (Fsp3) is 0.353. The van der Waals surface area contributed by atoms with Crippen LogP contribution in [0.1, 0.15) is 47.7 Å². The lowest BCUT2D eigenvalue weighted by atomic mass is 10.0. The van der Waals surface area contributed by atoms with Gasteiger partial charge in [0.05, 0.1) is 6.61 Å². The van der Waals surface area contributed by atoms with E-state index in [0.29, 0.717) is 72.3 Å². The van der Waals surface area contributed by atoms with Crippen molar-refractivity contribution in [2.75, 3.05) is 39.6 Å². The lowest BCUT2D eigenvalue weighted by molar-refractivity contribution is -0.138. The number of hydrogen-bond acceptors (Lipinski definition) is 8. The topological polar surface area (TPSA) is 152 Å². The molecular weight excluding hydrogens is 596 g/mol. The molecule has 2 heterocycles. The number of carboxylic acid groups (broad SMARTS) is 2. The van der Waals surface area contributed by atoms with Crippen LogP contribution in [-0.2, 0) is 27.4 Å². The van der Waals surface area contributed by atoms with Gasteiger partial charge in [0.25, 0.3) is 5.91 Å². The minimum atomic E-state index is -0.962. The van der Waals surface area contributed by atoms with Crippen molar-refractivity contribution in [3.05, 3.63) is 71.3 Å². The lowest BCUT2D eigenvalue weighted by Crippen LogP contribution is -2.50. The Balaban J connectivity index is 1.41. The van der Waals surface area contributed by atoms with Crippen molar-refractivity contribution in [1.82, 2.24) is 9.80 Å². The summed E-state index contributed by atoms with van der Waals surface area (Å²) in [6, 6.07) is 16.2. The van der Waals surface area contributed by atoms with Crippen molar-refractivity contribution < 1.29 is 48.3 Å². The summed E-state index contributed by atoms with van der Waals surface area (Å²) in [5.74, 6) is 0.0437. The molecule has 0 radical (unpaired) electrons. The van der Waals surface area contributed by atoms with Crippen LogP contribution in [0.2, 0.25) is 0 Å². The minimum Gasteiger partial charge on any atom is -0.493 e. The molecule has 0 saturated carbocycles. The Morgan fingerprint density at radius 1 is 0.804 bits per heavy atom. The first-order valence-electron chi connectivity index (χ1n) is 15.1. The van der Waals surface area contributed by atoms with Crippen molar-refractivity contribution in [3.8, 4) is 34.1 Å². The fourth-order valence-electron chi connectivity index (χ4n) is 5.42. The quantitative estimate of drug-likeness (QED) is 0.262. The monoisotopic (exact) mass is 632 g/mol. The predicted molar refractivity (Wildman–Crippen MR) is 165 cm³/mol. The molecule has 46 heavy (non-hydrogen) atoms. The van der Waals surface area contributed by atoms with Crippen molar-refractivity contribution in [1.29, 1.82) is 0 Å². The summed E-state index contributed by atoms with van der Waals surface area (Å²) in [4.78, 5) is 51.3. The number of amides is 2. The van der Waals surface area contributed by atoms with Crippen LogP contribution in [-0.4, -0.2) is 83.3 Å². The Hall–Kier alpha value is -5.26. The van der Waals surface area contributed by atoms with E-state index in [4.69, 9.17) is 24.1 Å². The van der Waals surface area contributed by atoms with E-state index in [1.165, 1.54) is 6.92 Å². The van der Waals surface area contributed by atoms with Crippen LogP contribution in [0.5, 0.6) is 23.0 Å². The van der Waals surface area contributed by atoms with E-state index >= 15 is 0 Å². The van der Waals surface area contributed by atoms with Crippen molar-refractivity contribution in [3.63, 3.8) is 0 Å². The number of carbonyl (C=O) groups is 4. The highest BCUT2D eigenvalue weighted by Crippen LogP contribution is 2.37. The number of carboxylic acids is 2. The highest BCUT2D eigenvalue weighted by atomic mass is 16.7. The molecule has 3 aromatic carbocycles. The van der Waals surface area contributed by atoms with Crippen LogP contribution < -0.4 is 18.9 Å². The highest BCUT2D eigenvalue weighted by Gasteiger charge is 2.25. The molecular formula is C34H36N2O10. The maximum absolute atomic E-state index is 13.7. The van der Waals surface area contributed by atoms with Gasteiger partial charge in [-0.2, -0.15) is 0 Å². The second-order valence-electron chi connectivity index (χ2n) is 11.0. The molecule has 2 amide bonds. The fourth-order valence-corrected chi connectivity index (χ4v) is 5.42. The molecule has 242 valence electrons. The zero-order valence-electron chi connectivity index (χ0n) is 25.5. The molecule has 2 N–H and O–H groups in total. The number of rotatable bonds is 13. The van der Waals surface area contributed by atoms with Gasteiger partial charge >= 0.3 is 11.9 Å². The second kappa shape index (κ2) is 14.7. The summed E-state index contributed by atoms with van der Waals surface area (Å²) in [6.45, 7) is 3.62. The maximum atomic E-state index is 13.7. The van der Waals surface area contributed by atoms with Gasteiger partial charge in [-0.05, 0) is 65.9 Å². The number of fused-ring (bicyclic) bond motifs is 1. The predicted octanol–water partition coefficient (Wildman–Crippen LogP) is 4.23. The van der Waals surface area contributed by atoms with E-state index in [1.807, 2.05) is 30.3 Å². The summed E-state index contributed by atoms with van der Waals surface area (Å²) in [5, 5.41) is 18.3. The van der Waals surface area contributed by atoms with Gasteiger partial charge in [0.2, 0.25) is 12.7 Å². The lowest BCUT2D eigenvalue weighted by Gasteiger charge is -2.34. The molecule has 0 spiro atoms. The number of piperazine rings is 1. The molecule has 0 atom stereocenters. The van der Waals surface area contributed by atoms with E-state index in [0.717, 1.165) is 11.1 Å². The third kappa shape index (κ3) is 8.06. The normalized spacial score (nSPS) is 13.8. The Morgan fingerprint density at radius 2 is 1.54 bits per heavy atom. The van der Waals surface area contributed by atoms with Crippen LogP contribution >= 0.6 is 0 Å². The standard InChI is InChI=1S/C34H36N2O10/c1-22(37)35-11-13-36(14-12-35)34(42)26-16-25(23-7-9-30-31(19-23)46-21-45-30)17-27(18-26)44-20-24-4-2-5-29(28(24)8-10-33(40)41)43-15-3-6-32(38)39/h2,4-5,7,9,16-19H,3,6,8,10-15,20-21H2,1H3,(H,38,39)(H,40,41). The average Bonchev–Trinajstić information content (AvgIpc) is 3.53. The SMILES string of the molecule is CC(=O)N1CCN(C(=O)c2cc(OCc3cccc(OCCCC(=O)O)c3CCC(=O)O)cc(-c3ccc4c(c3)OCO4)c2)CC1. The number of ether oxygens (including phenoxy) is 4. The van der Waals surface area contributed by atoms with E-state index in [1.54, 1.807) is 34.1 Å². The van der Waals surface area contributed by atoms with E-state index in [2.05, 4.69) is 0 Å². The van der Waals surface area contributed by atoms with Crippen molar-refractivity contribution in [2.24, 2.45) is 0 Å². The first-order chi connectivity index (χ1) is 22.2. The smallest absolute Gasteiger partial charge is 0.303 e. The zero-order chi connectivity index (χ0) is 32.6. The number of benzene rings is 3. The van der Waals surface area contributed by atoms with Gasteiger partial charge in [-0.1, -0.05) is 18.2 Å². The second-order valence-corrected chi connectivity index (χ2v) is 11.0. The number of hydrogen-bond donors (Lipinski definition) is 2. The third-order valence-electron chi connectivity index (χ3n) is 7.88. The molecule has 2 aliphatic rings. The molecule has 1 saturated heterocycles. The van der Waals surface area contributed by atoms with Crippen molar-refractivity contribution >= 4 is 23.8 Å². The number of aliphatic carboxylic acids is 2. The summed E-state index contributed by atoms with van der Waals surface area (Å²) < 4.78 is 23.2. The third-order valence-corrected chi connectivity index (χ3v) is 7.88. The van der Waals surface area contributed by atoms with Gasteiger partial charge in [0.1, 0.15) is 18.1 Å². The Kier molecular flexibility index (Phi) is 10.3. The van der Waals surface area contributed by atoms with Crippen LogP contribution in [0.25, 0.3) is 11.1 Å². The molecule has 12 heteroatoms. The van der Waals surface area contributed by atoms with E-state index < -0.39 is 11.9 Å². The summed E-state index contributed by atoms with van der Waals surface area (Å²) in [7, 11) is 0. The molecule has 1 fully saturated rings. The molecule has 0 unspecified atom stereocenters. The van der Waals surface area contributed by atoms with Crippen LogP contribution in [0.15, 0.2) is 54.6 Å². The van der Waals surface area contributed by atoms with Crippen LogP contribution in [0, 0.1) is 0 Å². The summed E-state index contributed by atoms with van der Waals surface area (Å²) in [5.41, 5.74) is 3.31.